The van der Waals surface area contributed by atoms with Crippen LogP contribution in [0, 0.1) is 6.92 Å². The predicted molar refractivity (Wildman–Crippen MR) is 95.1 cm³/mol. The Bertz CT molecular complexity index is 1020. The molecule has 0 bridgehead atoms. The van der Waals surface area contributed by atoms with E-state index in [4.69, 9.17) is 0 Å². The van der Waals surface area contributed by atoms with Crippen molar-refractivity contribution in [1.29, 1.82) is 0 Å². The number of hydrogen-bond donors (Lipinski definition) is 0. The zero-order chi connectivity index (χ0) is 21.7. The Labute approximate surface area is 171 Å². The number of halogens is 9. The van der Waals surface area contributed by atoms with Gasteiger partial charge in [0.2, 0.25) is 0 Å². The van der Waals surface area contributed by atoms with Gasteiger partial charge in [0.05, 0.1) is 4.90 Å². The topological polar surface area (TPSA) is 34.1 Å². The van der Waals surface area contributed by atoms with E-state index in [0.717, 1.165) is 0 Å². The number of sulfone groups is 1. The lowest BCUT2D eigenvalue weighted by atomic mass is 10.0. The first kappa shape index (κ1) is 23.1. The van der Waals surface area contributed by atoms with E-state index in [-0.39, 0.29) is 14.5 Å². The van der Waals surface area contributed by atoms with Crippen LogP contribution in [0.25, 0.3) is 11.1 Å². The SMILES string of the molecule is Cc1ccccc1-c1c(Br)cc(Br)cc1S(=O)(=O)C(F)(F)C(F)(F)C(F)(F)F. The van der Waals surface area contributed by atoms with Crippen molar-refractivity contribution < 1.29 is 39.2 Å². The van der Waals surface area contributed by atoms with E-state index in [9.17, 15) is 39.2 Å². The van der Waals surface area contributed by atoms with Crippen LogP contribution in [0.15, 0.2) is 50.2 Å². The summed E-state index contributed by atoms with van der Waals surface area (Å²) in [6.07, 6.45) is -6.78. The van der Waals surface area contributed by atoms with Gasteiger partial charge in [0, 0.05) is 14.5 Å². The van der Waals surface area contributed by atoms with Gasteiger partial charge in [-0.15, -0.1) is 0 Å². The summed E-state index contributed by atoms with van der Waals surface area (Å²) < 4.78 is 117. The fourth-order valence-electron chi connectivity index (χ4n) is 2.35. The van der Waals surface area contributed by atoms with Crippen molar-refractivity contribution in [3.8, 4) is 11.1 Å². The zero-order valence-corrected chi connectivity index (χ0v) is 17.6. The third kappa shape index (κ3) is 3.58. The number of rotatable bonds is 4. The normalized spacial score (nSPS) is 13.6. The molecule has 154 valence electrons. The summed E-state index contributed by atoms with van der Waals surface area (Å²) in [6.45, 7) is 1.49. The lowest BCUT2D eigenvalue weighted by Gasteiger charge is -2.28. The highest BCUT2D eigenvalue weighted by molar-refractivity contribution is 9.11. The molecule has 0 spiro atoms. The van der Waals surface area contributed by atoms with Crippen molar-refractivity contribution in [3.63, 3.8) is 0 Å². The summed E-state index contributed by atoms with van der Waals surface area (Å²) in [6, 6.07) is 7.59. The Morgan fingerprint density at radius 2 is 1.43 bits per heavy atom. The molecule has 2 nitrogen and oxygen atoms in total. The first-order valence-corrected chi connectivity index (χ1v) is 10.2. The van der Waals surface area contributed by atoms with Crippen molar-refractivity contribution in [2.24, 2.45) is 0 Å². The van der Waals surface area contributed by atoms with Crippen LogP contribution in [0.5, 0.6) is 0 Å². The summed E-state index contributed by atoms with van der Waals surface area (Å²) in [4.78, 5) is -1.38. The Hall–Kier alpha value is -1.14. The van der Waals surface area contributed by atoms with Gasteiger partial charge in [-0.05, 0) is 30.2 Å². The Balaban J connectivity index is 2.90. The van der Waals surface area contributed by atoms with E-state index >= 15 is 0 Å². The fourth-order valence-corrected chi connectivity index (χ4v) is 5.57. The highest BCUT2D eigenvalue weighted by Crippen LogP contribution is 2.52. The van der Waals surface area contributed by atoms with Crippen molar-refractivity contribution in [2.45, 2.75) is 29.2 Å². The fraction of sp³-hybridized carbons (Fsp3) is 0.250. The van der Waals surface area contributed by atoms with Gasteiger partial charge in [-0.25, -0.2) is 8.42 Å². The average molecular weight is 558 g/mol. The summed E-state index contributed by atoms with van der Waals surface area (Å²) in [5.74, 6) is -6.81. The molecular weight excluding hydrogens is 549 g/mol. The van der Waals surface area contributed by atoms with Gasteiger partial charge >= 0.3 is 17.4 Å². The minimum atomic E-state index is -6.81. The van der Waals surface area contributed by atoms with E-state index in [1.165, 1.54) is 31.2 Å². The summed E-state index contributed by atoms with van der Waals surface area (Å²) in [7, 11) is -6.48. The van der Waals surface area contributed by atoms with Gasteiger partial charge < -0.3 is 0 Å². The zero-order valence-electron chi connectivity index (χ0n) is 13.6. The highest BCUT2D eigenvalue weighted by atomic mass is 79.9. The monoisotopic (exact) mass is 556 g/mol. The molecule has 0 radical (unpaired) electrons. The maximum Gasteiger partial charge on any atom is 0.461 e. The van der Waals surface area contributed by atoms with E-state index < -0.39 is 37.6 Å². The van der Waals surface area contributed by atoms with Crippen LogP contribution in [0.4, 0.5) is 30.7 Å². The van der Waals surface area contributed by atoms with Gasteiger partial charge in [-0.1, -0.05) is 56.1 Å². The Morgan fingerprint density at radius 3 is 1.93 bits per heavy atom. The molecule has 0 atom stereocenters. The number of aryl methyl sites for hydroxylation is 1. The number of benzene rings is 2. The molecule has 2 aromatic carbocycles. The molecule has 12 heteroatoms. The molecule has 0 saturated heterocycles. The summed E-state index contributed by atoms with van der Waals surface area (Å²) >= 11 is 5.81. The van der Waals surface area contributed by atoms with Crippen LogP contribution in [-0.4, -0.2) is 25.8 Å². The van der Waals surface area contributed by atoms with Crippen LogP contribution >= 0.6 is 31.9 Å². The second-order valence-corrected chi connectivity index (χ2v) is 9.40. The molecule has 0 aliphatic rings. The molecule has 0 aliphatic carbocycles. The molecule has 2 rings (SSSR count). The third-order valence-corrected chi connectivity index (χ3v) is 6.70. The van der Waals surface area contributed by atoms with Crippen molar-refractivity contribution in [2.75, 3.05) is 0 Å². The van der Waals surface area contributed by atoms with Crippen LogP contribution < -0.4 is 0 Å². The van der Waals surface area contributed by atoms with Gasteiger partial charge in [0.1, 0.15) is 0 Å². The predicted octanol–water partition coefficient (Wildman–Crippen LogP) is 6.75. The smallest absolute Gasteiger partial charge is 0.217 e. The minimum absolute atomic E-state index is 0.0616. The van der Waals surface area contributed by atoms with E-state index in [2.05, 4.69) is 31.9 Å². The lowest BCUT2D eigenvalue weighted by Crippen LogP contribution is -2.56. The first-order valence-electron chi connectivity index (χ1n) is 7.17. The number of hydrogen-bond acceptors (Lipinski definition) is 2. The lowest BCUT2D eigenvalue weighted by molar-refractivity contribution is -0.332. The van der Waals surface area contributed by atoms with Crippen molar-refractivity contribution >= 4 is 41.7 Å². The molecule has 0 aliphatic heterocycles. The molecule has 0 unspecified atom stereocenters. The number of alkyl halides is 7. The van der Waals surface area contributed by atoms with Crippen molar-refractivity contribution in [1.82, 2.24) is 0 Å². The average Bonchev–Trinajstić information content (AvgIpc) is 2.53. The molecule has 28 heavy (non-hydrogen) atoms. The highest BCUT2D eigenvalue weighted by Gasteiger charge is 2.78. The van der Waals surface area contributed by atoms with Crippen molar-refractivity contribution in [3.05, 3.63) is 50.9 Å². The molecule has 0 aromatic heterocycles. The van der Waals surface area contributed by atoms with Gasteiger partial charge in [0.25, 0.3) is 9.84 Å². The van der Waals surface area contributed by atoms with Crippen LogP contribution in [0.3, 0.4) is 0 Å². The molecule has 0 N–H and O–H groups in total. The Kier molecular flexibility index (Phi) is 6.02. The molecule has 0 heterocycles. The maximum atomic E-state index is 14.1. The molecule has 0 saturated carbocycles. The largest absolute Gasteiger partial charge is 0.461 e. The first-order chi connectivity index (χ1) is 12.6. The van der Waals surface area contributed by atoms with Crippen LogP contribution in [0.1, 0.15) is 5.56 Å². The molecular formula is C16H9Br2F7O2S. The minimum Gasteiger partial charge on any atom is -0.217 e. The van der Waals surface area contributed by atoms with Gasteiger partial charge in [0.15, 0.2) is 0 Å². The molecule has 0 amide bonds. The molecule has 2 aromatic rings. The van der Waals surface area contributed by atoms with Crippen LogP contribution in [0.2, 0.25) is 0 Å². The van der Waals surface area contributed by atoms with Crippen LogP contribution in [-0.2, 0) is 9.84 Å². The molecule has 0 fully saturated rings. The standard InChI is InChI=1S/C16H9Br2F7O2S/c1-8-4-2-3-5-10(8)13-11(18)6-9(17)7-12(13)28(26,27)16(24,25)14(19,20)15(21,22)23/h2-7H,1H3. The maximum absolute atomic E-state index is 14.1. The Morgan fingerprint density at radius 1 is 0.893 bits per heavy atom. The third-order valence-electron chi connectivity index (χ3n) is 3.78. The quantitative estimate of drug-likeness (QED) is 0.390. The van der Waals surface area contributed by atoms with E-state index in [0.29, 0.717) is 11.6 Å². The van der Waals surface area contributed by atoms with E-state index in [1.54, 1.807) is 6.07 Å². The second-order valence-electron chi connectivity index (χ2n) is 5.67. The van der Waals surface area contributed by atoms with Gasteiger partial charge in [-0.2, -0.15) is 30.7 Å². The van der Waals surface area contributed by atoms with Gasteiger partial charge in [-0.3, -0.25) is 0 Å². The van der Waals surface area contributed by atoms with E-state index in [1.807, 2.05) is 0 Å². The second kappa shape index (κ2) is 7.28. The summed E-state index contributed by atoms with van der Waals surface area (Å²) in [5.41, 5.74) is -0.0154. The summed E-state index contributed by atoms with van der Waals surface area (Å²) in [5, 5.41) is -6.45.